The molecule has 1 saturated heterocycles. The van der Waals surface area contributed by atoms with Crippen LogP contribution in [0.5, 0.6) is 5.75 Å². The van der Waals surface area contributed by atoms with Crippen molar-refractivity contribution in [3.05, 3.63) is 64.2 Å². The van der Waals surface area contributed by atoms with Crippen LogP contribution >= 0.6 is 11.6 Å². The molecule has 4 N–H and O–H groups in total. The van der Waals surface area contributed by atoms with Crippen molar-refractivity contribution in [2.24, 2.45) is 5.16 Å². The normalized spacial score (nSPS) is 25.8. The van der Waals surface area contributed by atoms with Gasteiger partial charge in [-0.25, -0.2) is 0 Å². The molecule has 1 aliphatic heterocycles. The van der Waals surface area contributed by atoms with Crippen molar-refractivity contribution in [2.75, 3.05) is 20.3 Å². The van der Waals surface area contributed by atoms with Crippen molar-refractivity contribution in [2.45, 2.75) is 43.4 Å². The Morgan fingerprint density at radius 1 is 1.06 bits per heavy atom. The van der Waals surface area contributed by atoms with E-state index >= 15 is 0 Å². The highest BCUT2D eigenvalue weighted by molar-refractivity contribution is 6.31. The summed E-state index contributed by atoms with van der Waals surface area (Å²) in [4.78, 5) is 4.60. The molecule has 1 fully saturated rings. The van der Waals surface area contributed by atoms with E-state index in [9.17, 15) is 20.4 Å². The zero-order chi connectivity index (χ0) is 23.1. The summed E-state index contributed by atoms with van der Waals surface area (Å²) in [6.45, 7) is 0.00860. The fourth-order valence-corrected chi connectivity index (χ4v) is 3.75. The van der Waals surface area contributed by atoms with Gasteiger partial charge < -0.3 is 34.7 Å². The fraction of sp³-hybridized carbons (Fsp3) is 0.435. The Hall–Kier alpha value is -2.20. The smallest absolute Gasteiger partial charge is 0.119 e. The van der Waals surface area contributed by atoms with E-state index in [0.717, 1.165) is 16.9 Å². The summed E-state index contributed by atoms with van der Waals surface area (Å²) in [6, 6.07) is 12.8. The van der Waals surface area contributed by atoms with Crippen LogP contribution in [0.2, 0.25) is 5.02 Å². The van der Waals surface area contributed by atoms with Gasteiger partial charge >= 0.3 is 0 Å². The molecule has 5 atom stereocenters. The summed E-state index contributed by atoms with van der Waals surface area (Å²) < 4.78 is 11.3. The zero-order valence-electron chi connectivity index (χ0n) is 17.7. The van der Waals surface area contributed by atoms with E-state index in [1.807, 2.05) is 24.3 Å². The molecule has 0 radical (unpaired) electrons. The summed E-state index contributed by atoms with van der Waals surface area (Å²) in [5, 5.41) is 44.1. The van der Waals surface area contributed by atoms with Gasteiger partial charge in [0.25, 0.3) is 0 Å². The summed E-state index contributed by atoms with van der Waals surface area (Å²) in [5.41, 5.74) is 2.41. The molecule has 32 heavy (non-hydrogen) atoms. The third-order valence-corrected chi connectivity index (χ3v) is 5.67. The van der Waals surface area contributed by atoms with Crippen LogP contribution in [-0.2, 0) is 16.0 Å². The van der Waals surface area contributed by atoms with Crippen LogP contribution in [0, 0.1) is 0 Å². The lowest BCUT2D eigenvalue weighted by atomic mass is 9.90. The molecule has 0 saturated carbocycles. The summed E-state index contributed by atoms with van der Waals surface area (Å²) >= 11 is 6.39. The van der Waals surface area contributed by atoms with Gasteiger partial charge in [-0.15, -0.1) is 0 Å². The molecule has 0 aliphatic carbocycles. The maximum Gasteiger partial charge on any atom is 0.119 e. The van der Waals surface area contributed by atoms with Crippen molar-refractivity contribution < 1.29 is 34.7 Å². The highest BCUT2D eigenvalue weighted by atomic mass is 35.5. The molecule has 174 valence electrons. The second kappa shape index (κ2) is 11.6. The van der Waals surface area contributed by atoms with E-state index in [4.69, 9.17) is 21.1 Å². The van der Waals surface area contributed by atoms with Crippen molar-refractivity contribution in [3.8, 4) is 5.75 Å². The van der Waals surface area contributed by atoms with Gasteiger partial charge in [0.1, 0.15) is 43.4 Å². The second-order valence-corrected chi connectivity index (χ2v) is 7.94. The first-order valence-corrected chi connectivity index (χ1v) is 10.7. The largest absolute Gasteiger partial charge is 0.493 e. The average molecular weight is 466 g/mol. The van der Waals surface area contributed by atoms with Crippen LogP contribution in [0.3, 0.4) is 0 Å². The number of nitrogens with zero attached hydrogens (tertiary/aromatic N) is 1. The standard InChI is InChI=1S/C23H28ClNO7/c1-30-25-9-2-10-31-17-6-3-14(4-7-17)11-16-12-15(5-8-18(16)24)23-22(29)21(28)20(27)19(13-26)32-23/h3-9,12,19-23,26-29H,2,10-11,13H2,1H3/t19-,20-,21+,22-,23+/m1/s1. The average Bonchev–Trinajstić information content (AvgIpc) is 2.80. The number of aliphatic hydroxyl groups is 4. The molecule has 1 aliphatic rings. The monoisotopic (exact) mass is 465 g/mol. The maximum absolute atomic E-state index is 10.4. The molecule has 0 spiro atoms. The first-order valence-electron chi connectivity index (χ1n) is 10.3. The van der Waals surface area contributed by atoms with Crippen molar-refractivity contribution >= 4 is 17.8 Å². The molecule has 0 unspecified atom stereocenters. The third kappa shape index (κ3) is 5.98. The molecule has 0 aromatic heterocycles. The SMILES string of the molecule is CON=CCCOc1ccc(Cc2cc([C@@H]3O[C@H](CO)[C@@H](O)[C@H](O)[C@H]3O)ccc2Cl)cc1. The highest BCUT2D eigenvalue weighted by Gasteiger charge is 2.44. The van der Waals surface area contributed by atoms with Crippen LogP contribution in [0.15, 0.2) is 47.6 Å². The van der Waals surface area contributed by atoms with E-state index in [2.05, 4.69) is 9.99 Å². The molecule has 2 aromatic carbocycles. The molecular formula is C23H28ClNO7. The van der Waals surface area contributed by atoms with Crippen molar-refractivity contribution in [3.63, 3.8) is 0 Å². The van der Waals surface area contributed by atoms with Gasteiger partial charge in [0.15, 0.2) is 0 Å². The minimum Gasteiger partial charge on any atom is -0.493 e. The Bertz CT molecular complexity index is 890. The van der Waals surface area contributed by atoms with Crippen LogP contribution in [0.25, 0.3) is 0 Å². The first-order chi connectivity index (χ1) is 15.4. The predicted octanol–water partition coefficient (Wildman–Crippen LogP) is 1.85. The highest BCUT2D eigenvalue weighted by Crippen LogP contribution is 2.34. The van der Waals surface area contributed by atoms with E-state index < -0.39 is 37.1 Å². The summed E-state index contributed by atoms with van der Waals surface area (Å²) in [6.07, 6.45) is -3.24. The Morgan fingerprint density at radius 3 is 2.50 bits per heavy atom. The molecule has 0 bridgehead atoms. The molecule has 8 nitrogen and oxygen atoms in total. The Morgan fingerprint density at radius 2 is 1.81 bits per heavy atom. The fourth-order valence-electron chi connectivity index (χ4n) is 3.56. The van der Waals surface area contributed by atoms with Crippen LogP contribution in [0.4, 0.5) is 0 Å². The van der Waals surface area contributed by atoms with Gasteiger partial charge in [-0.1, -0.05) is 41.0 Å². The molecule has 1 heterocycles. The quantitative estimate of drug-likeness (QED) is 0.253. The van der Waals surface area contributed by atoms with E-state index in [1.54, 1.807) is 24.4 Å². The Labute approximate surface area is 191 Å². The lowest BCUT2D eigenvalue weighted by Gasteiger charge is -2.40. The second-order valence-electron chi connectivity index (χ2n) is 7.53. The number of oxime groups is 1. The van der Waals surface area contributed by atoms with Crippen molar-refractivity contribution in [1.29, 1.82) is 0 Å². The van der Waals surface area contributed by atoms with E-state index in [0.29, 0.717) is 30.0 Å². The van der Waals surface area contributed by atoms with Crippen LogP contribution in [-0.4, -0.2) is 71.4 Å². The molecule has 9 heteroatoms. The first kappa shape index (κ1) is 24.4. The lowest BCUT2D eigenvalue weighted by Crippen LogP contribution is -2.55. The zero-order valence-corrected chi connectivity index (χ0v) is 18.4. The van der Waals surface area contributed by atoms with Crippen LogP contribution in [0.1, 0.15) is 29.2 Å². The number of ether oxygens (including phenoxy) is 2. The Kier molecular flexibility index (Phi) is 8.86. The third-order valence-electron chi connectivity index (χ3n) is 5.30. The van der Waals surface area contributed by atoms with E-state index in [1.165, 1.54) is 7.11 Å². The number of rotatable bonds is 9. The van der Waals surface area contributed by atoms with Gasteiger partial charge in [-0.2, -0.15) is 0 Å². The van der Waals surface area contributed by atoms with E-state index in [-0.39, 0.29) is 0 Å². The number of benzene rings is 2. The number of hydrogen-bond acceptors (Lipinski definition) is 8. The number of halogens is 1. The summed E-state index contributed by atoms with van der Waals surface area (Å²) in [7, 11) is 1.49. The van der Waals surface area contributed by atoms with Gasteiger partial charge in [0.05, 0.1) is 13.2 Å². The molecule has 2 aromatic rings. The minimum absolute atomic E-state index is 0.477. The minimum atomic E-state index is -1.43. The van der Waals surface area contributed by atoms with Gasteiger partial charge in [-0.3, -0.25) is 0 Å². The molecule has 0 amide bonds. The Balaban J connectivity index is 1.69. The predicted molar refractivity (Wildman–Crippen MR) is 119 cm³/mol. The van der Waals surface area contributed by atoms with Gasteiger partial charge in [0, 0.05) is 17.7 Å². The van der Waals surface area contributed by atoms with Gasteiger partial charge in [0.2, 0.25) is 0 Å². The van der Waals surface area contributed by atoms with Crippen LogP contribution < -0.4 is 4.74 Å². The number of hydrogen-bond donors (Lipinski definition) is 4. The van der Waals surface area contributed by atoms with Gasteiger partial charge in [-0.05, 0) is 41.3 Å². The topological polar surface area (TPSA) is 121 Å². The summed E-state index contributed by atoms with van der Waals surface area (Å²) in [5.74, 6) is 0.737. The molecular weight excluding hydrogens is 438 g/mol. The maximum atomic E-state index is 10.4. The van der Waals surface area contributed by atoms with Crippen molar-refractivity contribution in [1.82, 2.24) is 0 Å². The molecule has 3 rings (SSSR count). The lowest BCUT2D eigenvalue weighted by molar-refractivity contribution is -0.231. The number of aliphatic hydroxyl groups excluding tert-OH is 4.